The summed E-state index contributed by atoms with van der Waals surface area (Å²) < 4.78 is 4.82. The number of hydrogen-bond donors (Lipinski definition) is 1. The number of anilines is 1. The van der Waals surface area contributed by atoms with Gasteiger partial charge in [-0.3, -0.25) is 14.4 Å². The van der Waals surface area contributed by atoms with Crippen LogP contribution in [0.3, 0.4) is 0 Å². The van der Waals surface area contributed by atoms with Gasteiger partial charge in [-0.25, -0.2) is 9.97 Å². The fourth-order valence-electron chi connectivity index (χ4n) is 2.35. The van der Waals surface area contributed by atoms with Gasteiger partial charge in [0.1, 0.15) is 12.5 Å². The molecule has 0 saturated carbocycles. The van der Waals surface area contributed by atoms with E-state index in [-0.39, 0.29) is 12.2 Å². The summed E-state index contributed by atoms with van der Waals surface area (Å²) in [6.45, 7) is 1.82. The van der Waals surface area contributed by atoms with Crippen LogP contribution in [-0.4, -0.2) is 48.3 Å². The number of hydrogen-bond acceptors (Lipinski definition) is 7. The summed E-state index contributed by atoms with van der Waals surface area (Å²) in [4.78, 5) is 46.8. The highest BCUT2D eigenvalue weighted by Crippen LogP contribution is 2.20. The number of nitrogens with zero attached hydrogens (tertiary/aromatic N) is 3. The van der Waals surface area contributed by atoms with E-state index in [1.165, 1.54) is 12.4 Å². The van der Waals surface area contributed by atoms with E-state index in [0.717, 1.165) is 0 Å². The van der Waals surface area contributed by atoms with Crippen LogP contribution in [0, 0.1) is 0 Å². The minimum absolute atomic E-state index is 0.166. The van der Waals surface area contributed by atoms with Crippen molar-refractivity contribution in [2.24, 2.45) is 0 Å². The molecule has 1 amide bonds. The highest BCUT2D eigenvalue weighted by atomic mass is 35.5. The summed E-state index contributed by atoms with van der Waals surface area (Å²) in [5.74, 6) is -1.24. The number of esters is 1. The Morgan fingerprint density at radius 3 is 2.29 bits per heavy atom. The number of benzene rings is 1. The Labute approximate surface area is 167 Å². The first-order chi connectivity index (χ1) is 13.3. The molecule has 0 spiro atoms. The van der Waals surface area contributed by atoms with E-state index < -0.39 is 30.1 Å². The van der Waals surface area contributed by atoms with Crippen molar-refractivity contribution in [3.63, 3.8) is 0 Å². The average molecular weight is 405 g/mol. The molecule has 0 aliphatic carbocycles. The molecule has 0 aliphatic heterocycles. The standard InChI is InChI=1S/C19H21ClN4O4/c1-4-28-16(26)9-15(25)17(12-5-7-14(20)8-6-12)23-18(27)13-10-21-19(22-11-13)24(2)3/h5-8,10-11,17H,4,9H2,1-3H3,(H,23,27). The molecule has 148 valence electrons. The number of nitrogens with one attached hydrogen (secondary N) is 1. The third kappa shape index (κ3) is 5.75. The molecule has 0 bridgehead atoms. The van der Waals surface area contributed by atoms with Gasteiger partial charge in [0.15, 0.2) is 5.78 Å². The lowest BCUT2D eigenvalue weighted by atomic mass is 10.00. The van der Waals surface area contributed by atoms with E-state index in [1.54, 1.807) is 50.2 Å². The van der Waals surface area contributed by atoms with Gasteiger partial charge in [0.25, 0.3) is 5.91 Å². The Kier molecular flexibility index (Phi) is 7.45. The molecule has 28 heavy (non-hydrogen) atoms. The van der Waals surface area contributed by atoms with Crippen LogP contribution >= 0.6 is 11.6 Å². The van der Waals surface area contributed by atoms with Crippen LogP contribution in [0.15, 0.2) is 36.7 Å². The number of ether oxygens (including phenoxy) is 1. The zero-order valence-electron chi connectivity index (χ0n) is 15.8. The number of ketones is 1. The van der Waals surface area contributed by atoms with Crippen LogP contribution in [0.5, 0.6) is 0 Å². The van der Waals surface area contributed by atoms with Gasteiger partial charge in [-0.2, -0.15) is 0 Å². The van der Waals surface area contributed by atoms with E-state index in [1.807, 2.05) is 0 Å². The van der Waals surface area contributed by atoms with Gasteiger partial charge in [-0.1, -0.05) is 23.7 Å². The number of Topliss-reactive ketones (excluding diaryl/α,β-unsaturated/α-hetero) is 1. The summed E-state index contributed by atoms with van der Waals surface area (Å²) in [7, 11) is 3.55. The van der Waals surface area contributed by atoms with Crippen molar-refractivity contribution in [3.05, 3.63) is 52.8 Å². The Hall–Kier alpha value is -3.00. The third-order valence-corrected chi connectivity index (χ3v) is 3.98. The average Bonchev–Trinajstić information content (AvgIpc) is 2.67. The van der Waals surface area contributed by atoms with Crippen LogP contribution in [0.2, 0.25) is 5.02 Å². The maximum atomic E-state index is 12.6. The summed E-state index contributed by atoms with van der Waals surface area (Å²) in [6, 6.07) is 5.39. The molecule has 0 radical (unpaired) electrons. The SMILES string of the molecule is CCOC(=O)CC(=O)C(NC(=O)c1cnc(N(C)C)nc1)c1ccc(Cl)cc1. The largest absolute Gasteiger partial charge is 0.466 e. The van der Waals surface area contributed by atoms with Crippen molar-refractivity contribution in [2.45, 2.75) is 19.4 Å². The molecule has 1 heterocycles. The highest BCUT2D eigenvalue weighted by Gasteiger charge is 2.26. The minimum Gasteiger partial charge on any atom is -0.466 e. The van der Waals surface area contributed by atoms with Crippen LogP contribution in [0.25, 0.3) is 0 Å². The number of rotatable bonds is 8. The van der Waals surface area contributed by atoms with E-state index in [2.05, 4.69) is 15.3 Å². The van der Waals surface area contributed by atoms with Gasteiger partial charge in [-0.05, 0) is 24.6 Å². The lowest BCUT2D eigenvalue weighted by Crippen LogP contribution is -2.35. The number of halogens is 1. The van der Waals surface area contributed by atoms with Crippen molar-refractivity contribution < 1.29 is 19.1 Å². The van der Waals surface area contributed by atoms with Crippen molar-refractivity contribution in [2.75, 3.05) is 25.6 Å². The summed E-state index contributed by atoms with van der Waals surface area (Å²) >= 11 is 5.90. The topological polar surface area (TPSA) is 101 Å². The number of carbonyl (C=O) groups is 3. The predicted molar refractivity (Wildman–Crippen MR) is 104 cm³/mol. The molecule has 8 nitrogen and oxygen atoms in total. The lowest BCUT2D eigenvalue weighted by Gasteiger charge is -2.18. The van der Waals surface area contributed by atoms with Crippen molar-refractivity contribution in [1.82, 2.24) is 15.3 Å². The van der Waals surface area contributed by atoms with Gasteiger partial charge < -0.3 is 15.0 Å². The molecule has 2 aromatic rings. The first-order valence-electron chi connectivity index (χ1n) is 8.55. The van der Waals surface area contributed by atoms with E-state index in [4.69, 9.17) is 16.3 Å². The Morgan fingerprint density at radius 2 is 1.75 bits per heavy atom. The second-order valence-corrected chi connectivity index (χ2v) is 6.51. The molecule has 1 aromatic heterocycles. The fraction of sp³-hybridized carbons (Fsp3) is 0.316. The first-order valence-corrected chi connectivity index (χ1v) is 8.93. The molecule has 0 fully saturated rings. The maximum absolute atomic E-state index is 12.6. The molecule has 0 saturated heterocycles. The second-order valence-electron chi connectivity index (χ2n) is 6.07. The molecule has 2 rings (SSSR count). The summed E-state index contributed by atoms with van der Waals surface area (Å²) in [5, 5.41) is 3.12. The van der Waals surface area contributed by atoms with Crippen LogP contribution in [0.1, 0.15) is 35.3 Å². The maximum Gasteiger partial charge on any atom is 0.313 e. The van der Waals surface area contributed by atoms with Gasteiger partial charge in [0.05, 0.1) is 12.2 Å². The van der Waals surface area contributed by atoms with Crippen LogP contribution in [-0.2, 0) is 14.3 Å². The zero-order chi connectivity index (χ0) is 20.7. The van der Waals surface area contributed by atoms with E-state index >= 15 is 0 Å². The number of amides is 1. The second kappa shape index (κ2) is 9.80. The fourth-order valence-corrected chi connectivity index (χ4v) is 2.47. The molecule has 1 N–H and O–H groups in total. The molecular weight excluding hydrogens is 384 g/mol. The lowest BCUT2D eigenvalue weighted by molar-refractivity contribution is -0.145. The quantitative estimate of drug-likeness (QED) is 0.531. The molecular formula is C19H21ClN4O4. The van der Waals surface area contributed by atoms with Gasteiger partial charge in [-0.15, -0.1) is 0 Å². The van der Waals surface area contributed by atoms with Crippen molar-refractivity contribution in [3.8, 4) is 0 Å². The molecule has 9 heteroatoms. The van der Waals surface area contributed by atoms with E-state index in [0.29, 0.717) is 16.5 Å². The van der Waals surface area contributed by atoms with Gasteiger partial charge >= 0.3 is 5.97 Å². The third-order valence-electron chi connectivity index (χ3n) is 3.73. The van der Waals surface area contributed by atoms with Gasteiger partial charge in [0.2, 0.25) is 5.95 Å². The minimum atomic E-state index is -1.04. The van der Waals surface area contributed by atoms with Crippen molar-refractivity contribution in [1.29, 1.82) is 0 Å². The predicted octanol–water partition coefficient (Wildman–Crippen LogP) is 2.19. The van der Waals surface area contributed by atoms with E-state index in [9.17, 15) is 14.4 Å². The van der Waals surface area contributed by atoms with Crippen molar-refractivity contribution >= 4 is 35.2 Å². The molecule has 0 aliphatic rings. The molecule has 1 unspecified atom stereocenters. The highest BCUT2D eigenvalue weighted by molar-refractivity contribution is 6.30. The Bertz CT molecular complexity index is 838. The molecule has 1 atom stereocenters. The zero-order valence-corrected chi connectivity index (χ0v) is 16.6. The van der Waals surface area contributed by atoms with Gasteiger partial charge in [0, 0.05) is 31.5 Å². The first kappa shape index (κ1) is 21.3. The normalized spacial score (nSPS) is 11.4. The smallest absolute Gasteiger partial charge is 0.313 e. The number of aromatic nitrogens is 2. The van der Waals surface area contributed by atoms with Crippen LogP contribution < -0.4 is 10.2 Å². The molecule has 1 aromatic carbocycles. The Morgan fingerprint density at radius 1 is 1.14 bits per heavy atom. The summed E-state index contributed by atoms with van der Waals surface area (Å²) in [5.41, 5.74) is 0.686. The van der Waals surface area contributed by atoms with Crippen LogP contribution in [0.4, 0.5) is 5.95 Å². The summed E-state index contributed by atoms with van der Waals surface area (Å²) in [6.07, 6.45) is 2.27. The monoisotopic (exact) mass is 404 g/mol. The Balaban J connectivity index is 2.22. The number of carbonyl (C=O) groups excluding carboxylic acids is 3.